The molecule has 6 heteroatoms. The molecule has 0 amide bonds. The number of benzene rings is 4. The Labute approximate surface area is 333 Å². The Balaban J connectivity index is 0.000000238. The van der Waals surface area contributed by atoms with E-state index in [0.29, 0.717) is 23.7 Å². The summed E-state index contributed by atoms with van der Waals surface area (Å²) in [6, 6.07) is 34.4. The van der Waals surface area contributed by atoms with Gasteiger partial charge in [0, 0.05) is 23.8 Å². The predicted molar refractivity (Wildman–Crippen MR) is 223 cm³/mol. The molecule has 0 unspecified atom stereocenters. The van der Waals surface area contributed by atoms with Gasteiger partial charge in [-0.15, -0.1) is 12.1 Å². The molecule has 1 atom stereocenters. The molecule has 1 fully saturated rings. The summed E-state index contributed by atoms with van der Waals surface area (Å²) in [7, 11) is -0.289. The molecule has 2 aliphatic heterocycles. The van der Waals surface area contributed by atoms with Crippen LogP contribution in [0.3, 0.4) is 0 Å². The van der Waals surface area contributed by atoms with Crippen LogP contribution in [-0.4, -0.2) is 25.0 Å². The van der Waals surface area contributed by atoms with Crippen LogP contribution in [0.25, 0.3) is 0 Å². The Kier molecular flexibility index (Phi) is 14.2. The van der Waals surface area contributed by atoms with E-state index in [-0.39, 0.29) is 41.2 Å². The molecule has 53 heavy (non-hydrogen) atoms. The molecule has 4 nitrogen and oxygen atoms in total. The van der Waals surface area contributed by atoms with Crippen LogP contribution >= 0.6 is 0 Å². The van der Waals surface area contributed by atoms with Gasteiger partial charge in [-0.3, -0.25) is 0 Å². The molecular weight excluding hydrogens is 699 g/mol. The molecule has 286 valence electrons. The summed E-state index contributed by atoms with van der Waals surface area (Å²) < 4.78 is 12.6. The van der Waals surface area contributed by atoms with Crippen LogP contribution in [0.15, 0.2) is 109 Å². The summed E-state index contributed by atoms with van der Waals surface area (Å²) in [5.74, 6) is 2.06. The van der Waals surface area contributed by atoms with Crippen molar-refractivity contribution in [2.24, 2.45) is 0 Å². The van der Waals surface area contributed by atoms with Crippen molar-refractivity contribution in [3.63, 3.8) is 0 Å². The first kappa shape index (κ1) is 42.3. The minimum atomic E-state index is -0.324. The summed E-state index contributed by atoms with van der Waals surface area (Å²) in [4.78, 5) is 4.90. The van der Waals surface area contributed by atoms with E-state index in [1.54, 1.807) is 0 Å². The molecule has 0 N–H and O–H groups in total. The fourth-order valence-corrected chi connectivity index (χ4v) is 7.21. The molecular formula is C47H62BCuN2O2. The summed E-state index contributed by atoms with van der Waals surface area (Å²) in [6.45, 7) is 27.6. The van der Waals surface area contributed by atoms with Gasteiger partial charge in [-0.1, -0.05) is 134 Å². The van der Waals surface area contributed by atoms with Gasteiger partial charge in [-0.2, -0.15) is 24.1 Å². The van der Waals surface area contributed by atoms with E-state index in [0.717, 1.165) is 6.67 Å². The van der Waals surface area contributed by atoms with E-state index >= 15 is 0 Å². The van der Waals surface area contributed by atoms with Crippen molar-refractivity contribution < 1.29 is 26.4 Å². The molecule has 4 aromatic rings. The van der Waals surface area contributed by atoms with Crippen molar-refractivity contribution in [3.05, 3.63) is 149 Å². The largest absolute Gasteiger partial charge is 1.00 e. The van der Waals surface area contributed by atoms with Gasteiger partial charge in [-0.05, 0) is 79.4 Å². The van der Waals surface area contributed by atoms with Crippen molar-refractivity contribution in [2.45, 2.75) is 124 Å². The van der Waals surface area contributed by atoms with Crippen LogP contribution < -0.4 is 9.80 Å². The Hall–Kier alpha value is -3.41. The van der Waals surface area contributed by atoms with E-state index in [2.05, 4.69) is 197 Å². The molecule has 0 radical (unpaired) electrons. The molecule has 6 rings (SSSR count). The number of para-hydroxylation sites is 2. The minimum absolute atomic E-state index is 0. The summed E-state index contributed by atoms with van der Waals surface area (Å²) >= 11 is 0. The van der Waals surface area contributed by atoms with Crippen LogP contribution in [-0.2, 0) is 26.4 Å². The SMILES string of the molecule is CC(C)c1cccc(C(C)C)c1N1C=CN(c2c(C(C)C)cccc2C(C)C)C1.CC1(C)OB([C@@H]([CH-]c2ccccc2)c2ccccc2)OC1(C)C.[Cu+]. The molecule has 1 saturated heterocycles. The number of hydrogen-bond acceptors (Lipinski definition) is 4. The minimum Gasteiger partial charge on any atom is -0.403 e. The predicted octanol–water partition coefficient (Wildman–Crippen LogP) is 12.6. The second kappa shape index (κ2) is 17.8. The number of rotatable bonds is 10. The maximum Gasteiger partial charge on any atom is 1.00 e. The summed E-state index contributed by atoms with van der Waals surface area (Å²) in [5, 5.41) is 0. The Bertz CT molecular complexity index is 1650. The second-order valence-corrected chi connectivity index (χ2v) is 16.7. The maximum absolute atomic E-state index is 6.30. The van der Waals surface area contributed by atoms with Crippen molar-refractivity contribution in [2.75, 3.05) is 16.5 Å². The van der Waals surface area contributed by atoms with E-state index in [1.807, 2.05) is 12.1 Å². The van der Waals surface area contributed by atoms with E-state index in [4.69, 9.17) is 9.31 Å². The van der Waals surface area contributed by atoms with Crippen LogP contribution in [0.1, 0.15) is 146 Å². The van der Waals surface area contributed by atoms with Gasteiger partial charge in [-0.25, -0.2) is 0 Å². The van der Waals surface area contributed by atoms with Gasteiger partial charge in [0.2, 0.25) is 0 Å². The third-order valence-corrected chi connectivity index (χ3v) is 10.9. The Morgan fingerprint density at radius 2 is 0.887 bits per heavy atom. The fraction of sp³-hybridized carbons (Fsp3) is 0.426. The van der Waals surface area contributed by atoms with Crippen molar-refractivity contribution >= 4 is 18.5 Å². The molecule has 0 aromatic heterocycles. The first-order valence-electron chi connectivity index (χ1n) is 19.4. The number of hydrogen-bond donors (Lipinski definition) is 0. The van der Waals surface area contributed by atoms with E-state index < -0.39 is 0 Å². The molecule has 0 aliphatic carbocycles. The smallest absolute Gasteiger partial charge is 0.403 e. The van der Waals surface area contributed by atoms with E-state index in [9.17, 15) is 0 Å². The van der Waals surface area contributed by atoms with Gasteiger partial charge in [0.1, 0.15) is 0 Å². The van der Waals surface area contributed by atoms with Gasteiger partial charge < -0.3 is 19.1 Å². The first-order valence-corrected chi connectivity index (χ1v) is 19.4. The van der Waals surface area contributed by atoms with E-state index in [1.165, 1.54) is 44.8 Å². The molecule has 0 bridgehead atoms. The molecule has 2 heterocycles. The Morgan fingerprint density at radius 3 is 1.25 bits per heavy atom. The molecule has 0 saturated carbocycles. The van der Waals surface area contributed by atoms with Crippen LogP contribution in [0, 0.1) is 6.42 Å². The average molecular weight is 761 g/mol. The number of nitrogens with zero attached hydrogens (tertiary/aromatic N) is 2. The fourth-order valence-electron chi connectivity index (χ4n) is 7.21. The van der Waals surface area contributed by atoms with Crippen molar-refractivity contribution in [3.8, 4) is 0 Å². The van der Waals surface area contributed by atoms with Gasteiger partial charge >= 0.3 is 24.2 Å². The first-order chi connectivity index (χ1) is 24.6. The normalized spacial score (nSPS) is 16.6. The van der Waals surface area contributed by atoms with Gasteiger partial charge in [0.25, 0.3) is 0 Å². The van der Waals surface area contributed by atoms with Gasteiger partial charge in [0.15, 0.2) is 0 Å². The zero-order valence-electron chi connectivity index (χ0n) is 34.2. The second-order valence-electron chi connectivity index (χ2n) is 16.7. The van der Waals surface area contributed by atoms with Crippen LogP contribution in [0.2, 0.25) is 0 Å². The zero-order valence-corrected chi connectivity index (χ0v) is 35.1. The number of anilines is 2. The molecule has 0 spiro atoms. The quantitative estimate of drug-likeness (QED) is 0.119. The third-order valence-electron chi connectivity index (χ3n) is 10.9. The third kappa shape index (κ3) is 9.64. The molecule has 2 aliphatic rings. The zero-order chi connectivity index (χ0) is 37.8. The summed E-state index contributed by atoms with van der Waals surface area (Å²) in [5.41, 5.74) is 10.3. The summed E-state index contributed by atoms with van der Waals surface area (Å²) in [6.07, 6.45) is 6.78. The topological polar surface area (TPSA) is 24.9 Å². The average Bonchev–Trinajstić information content (AvgIpc) is 3.68. The van der Waals surface area contributed by atoms with Crippen molar-refractivity contribution in [1.29, 1.82) is 0 Å². The molecule has 4 aromatic carbocycles. The van der Waals surface area contributed by atoms with Gasteiger partial charge in [0.05, 0.1) is 17.9 Å². The monoisotopic (exact) mass is 760 g/mol. The Morgan fingerprint density at radius 1 is 0.528 bits per heavy atom. The standard InChI is InChI=1S/C27H38N2.C20H24BO2.Cu/c1-18(2)22-11-9-12-23(19(3)4)26(22)28-15-16-29(17-28)27-24(20(5)6)13-10-14-25(27)21(7)8;1-19(2)20(3,4)23-21(22-19)18(17-13-9-6-10-14-17)15-16-11-7-5-8-12-16;/h9-16,18-21H,17H2,1-8H3;5-15,18H,1-4H3;/q;-1;+1/t;18-;/m.0./s1. The maximum atomic E-state index is 6.30. The van der Waals surface area contributed by atoms with Crippen LogP contribution in [0.4, 0.5) is 11.4 Å². The van der Waals surface area contributed by atoms with Crippen LogP contribution in [0.5, 0.6) is 0 Å². The van der Waals surface area contributed by atoms with Crippen molar-refractivity contribution in [1.82, 2.24) is 0 Å².